The number of benzene rings is 3. The van der Waals surface area contributed by atoms with Crippen molar-refractivity contribution in [3.8, 4) is 28.7 Å². The van der Waals surface area contributed by atoms with E-state index in [1.54, 1.807) is 18.2 Å². The Bertz CT molecular complexity index is 1580. The van der Waals surface area contributed by atoms with Gasteiger partial charge in [-0.15, -0.1) is 0 Å². The van der Waals surface area contributed by atoms with Crippen molar-refractivity contribution < 1.29 is 47.5 Å². The lowest BCUT2D eigenvalue weighted by molar-refractivity contribution is -0.183. The van der Waals surface area contributed by atoms with Crippen LogP contribution in [0, 0.1) is 11.8 Å². The molecule has 0 spiro atoms. The molecule has 258 valence electrons. The number of methoxy groups -OCH3 is 1. The minimum atomic E-state index is -0.689. The lowest BCUT2D eigenvalue weighted by Gasteiger charge is -2.29. The molecule has 1 N–H and O–H groups in total. The predicted octanol–water partition coefficient (Wildman–Crippen LogP) is 4.89. The number of hydrogen-bond acceptors (Lipinski definition) is 10. The first-order valence-electron chi connectivity index (χ1n) is 16.4. The van der Waals surface area contributed by atoms with E-state index < -0.39 is 24.5 Å². The van der Waals surface area contributed by atoms with Crippen molar-refractivity contribution in [2.24, 2.45) is 0 Å². The van der Waals surface area contributed by atoms with E-state index in [-0.39, 0.29) is 19.1 Å². The van der Waals surface area contributed by atoms with E-state index in [2.05, 4.69) is 41.4 Å². The molecule has 1 aliphatic carbocycles. The summed E-state index contributed by atoms with van der Waals surface area (Å²) in [5.41, 5.74) is 5.72. The smallest absolute Gasteiger partial charge is 0.407 e. The van der Waals surface area contributed by atoms with E-state index in [4.69, 9.17) is 33.2 Å². The van der Waals surface area contributed by atoms with E-state index >= 15 is 0 Å². The SMILES string of the molecule is COC(=O)[C@@H]1CCC[C@H](Oc2cc(C#CCOCCOCCOCCNC(=O)OCC3c4ccccc4-c4ccccc43)ccc2C=O)O1. The molecule has 0 radical (unpaired) electrons. The van der Waals surface area contributed by atoms with Gasteiger partial charge < -0.3 is 38.5 Å². The maximum absolute atomic E-state index is 12.3. The fourth-order valence-corrected chi connectivity index (χ4v) is 5.71. The number of aldehydes is 1. The number of ether oxygens (including phenoxy) is 7. The Morgan fingerprint density at radius 3 is 2.31 bits per heavy atom. The van der Waals surface area contributed by atoms with Crippen molar-refractivity contribution in [3.05, 3.63) is 89.0 Å². The van der Waals surface area contributed by atoms with Crippen LogP contribution in [0.15, 0.2) is 66.7 Å². The van der Waals surface area contributed by atoms with Gasteiger partial charge in [0.05, 0.1) is 45.7 Å². The number of nitrogens with one attached hydrogen (secondary N) is 1. The molecule has 3 aromatic rings. The number of amides is 1. The van der Waals surface area contributed by atoms with Gasteiger partial charge in [0.25, 0.3) is 0 Å². The van der Waals surface area contributed by atoms with E-state index in [1.165, 1.54) is 29.4 Å². The zero-order valence-corrected chi connectivity index (χ0v) is 27.5. The first-order valence-corrected chi connectivity index (χ1v) is 16.4. The Balaban J connectivity index is 0.897. The van der Waals surface area contributed by atoms with Gasteiger partial charge >= 0.3 is 12.1 Å². The van der Waals surface area contributed by atoms with Crippen LogP contribution in [-0.2, 0) is 33.2 Å². The van der Waals surface area contributed by atoms with Crippen molar-refractivity contribution in [2.75, 3.05) is 59.9 Å². The molecule has 0 aromatic heterocycles. The van der Waals surface area contributed by atoms with Crippen LogP contribution in [-0.4, -0.2) is 90.6 Å². The molecule has 0 unspecified atom stereocenters. The number of carbonyl (C=O) groups is 3. The summed E-state index contributed by atoms with van der Waals surface area (Å²) in [5.74, 6) is 5.84. The summed E-state index contributed by atoms with van der Waals surface area (Å²) in [5, 5.41) is 2.73. The van der Waals surface area contributed by atoms with Gasteiger partial charge in [-0.25, -0.2) is 9.59 Å². The molecule has 11 nitrogen and oxygen atoms in total. The first-order chi connectivity index (χ1) is 24.1. The van der Waals surface area contributed by atoms with Gasteiger partial charge in [0.2, 0.25) is 6.29 Å². The number of rotatable bonds is 16. The van der Waals surface area contributed by atoms with Crippen LogP contribution >= 0.6 is 0 Å². The molecule has 3 aromatic carbocycles. The van der Waals surface area contributed by atoms with E-state index in [9.17, 15) is 14.4 Å². The topological polar surface area (TPSA) is 128 Å². The van der Waals surface area contributed by atoms with Gasteiger partial charge in [-0.2, -0.15) is 0 Å². The van der Waals surface area contributed by atoms with Crippen LogP contribution < -0.4 is 10.1 Å². The minimum absolute atomic E-state index is 0.0188. The first kappa shape index (κ1) is 35.6. The quantitative estimate of drug-likeness (QED) is 0.0974. The highest BCUT2D eigenvalue weighted by Gasteiger charge is 2.30. The molecule has 49 heavy (non-hydrogen) atoms. The summed E-state index contributed by atoms with van der Waals surface area (Å²) < 4.78 is 38.5. The van der Waals surface area contributed by atoms with Gasteiger partial charge in [0.1, 0.15) is 19.0 Å². The van der Waals surface area contributed by atoms with Gasteiger partial charge in [-0.05, 0) is 53.3 Å². The monoisotopic (exact) mass is 671 g/mol. The van der Waals surface area contributed by atoms with Gasteiger partial charge in [0.15, 0.2) is 12.4 Å². The Morgan fingerprint density at radius 1 is 0.898 bits per heavy atom. The summed E-state index contributed by atoms with van der Waals surface area (Å²) in [7, 11) is 1.32. The maximum Gasteiger partial charge on any atom is 0.407 e. The maximum atomic E-state index is 12.3. The molecule has 1 aliphatic heterocycles. The highest BCUT2D eigenvalue weighted by atomic mass is 16.7. The normalized spacial score (nSPS) is 16.4. The number of hydrogen-bond donors (Lipinski definition) is 1. The summed E-state index contributed by atoms with van der Waals surface area (Å²) in [4.78, 5) is 35.6. The van der Waals surface area contributed by atoms with Gasteiger partial charge in [0, 0.05) is 24.4 Å². The van der Waals surface area contributed by atoms with Crippen LogP contribution in [0.3, 0.4) is 0 Å². The molecule has 11 heteroatoms. The average Bonchev–Trinajstić information content (AvgIpc) is 3.46. The second kappa shape index (κ2) is 18.7. The predicted molar refractivity (Wildman–Crippen MR) is 179 cm³/mol. The van der Waals surface area contributed by atoms with Crippen LogP contribution in [0.4, 0.5) is 4.79 Å². The van der Waals surface area contributed by atoms with Crippen LogP contribution in [0.25, 0.3) is 11.1 Å². The molecule has 1 fully saturated rings. The third-order valence-electron chi connectivity index (χ3n) is 8.10. The number of fused-ring (bicyclic) bond motifs is 3. The van der Waals surface area contributed by atoms with Crippen LogP contribution in [0.2, 0.25) is 0 Å². The Kier molecular flexibility index (Phi) is 13.6. The molecule has 1 heterocycles. The summed E-state index contributed by atoms with van der Waals surface area (Å²) >= 11 is 0. The average molecular weight is 672 g/mol. The highest BCUT2D eigenvalue weighted by Crippen LogP contribution is 2.44. The Hall–Kier alpha value is -4.73. The van der Waals surface area contributed by atoms with E-state index in [0.717, 1.165) is 6.42 Å². The lowest BCUT2D eigenvalue weighted by Crippen LogP contribution is -2.37. The largest absolute Gasteiger partial charge is 0.467 e. The van der Waals surface area contributed by atoms with Gasteiger partial charge in [-0.3, -0.25) is 4.79 Å². The summed E-state index contributed by atoms with van der Waals surface area (Å²) in [6, 6.07) is 21.4. The molecular formula is C38H41NO10. The molecular weight excluding hydrogens is 630 g/mol. The third kappa shape index (κ3) is 10.1. The summed E-state index contributed by atoms with van der Waals surface area (Å²) in [6.07, 6.45) is 0.750. The summed E-state index contributed by atoms with van der Waals surface area (Å²) in [6.45, 7) is 2.62. The highest BCUT2D eigenvalue weighted by molar-refractivity contribution is 5.80. The molecule has 5 rings (SSSR count). The Labute approximate surface area is 286 Å². The molecule has 2 atom stereocenters. The van der Waals surface area contributed by atoms with E-state index in [0.29, 0.717) is 75.6 Å². The fourth-order valence-electron chi connectivity index (χ4n) is 5.71. The van der Waals surface area contributed by atoms with Crippen molar-refractivity contribution in [1.82, 2.24) is 5.32 Å². The fraction of sp³-hybridized carbons (Fsp3) is 0.395. The number of alkyl carbamates (subject to hydrolysis) is 1. The zero-order chi connectivity index (χ0) is 34.3. The third-order valence-corrected chi connectivity index (χ3v) is 8.10. The lowest BCUT2D eigenvalue weighted by atomic mass is 9.98. The number of carbonyl (C=O) groups excluding carboxylic acids is 3. The number of esters is 1. The van der Waals surface area contributed by atoms with Crippen molar-refractivity contribution in [3.63, 3.8) is 0 Å². The molecule has 1 saturated heterocycles. The molecule has 0 saturated carbocycles. The standard InChI is InChI=1S/C38H41NO10/c1-43-37(41)34-13-6-14-36(48-34)49-35-24-27(15-16-28(35)25-40)8-7-18-44-20-22-46-23-21-45-19-17-39-38(42)47-26-33-31-11-4-2-9-29(31)30-10-3-5-12-32(30)33/h2-5,9-12,15-16,24-25,33-34,36H,6,13-14,17-23,26H2,1H3,(H,39,42)/t34-,36-/m0/s1. The van der Waals surface area contributed by atoms with Crippen molar-refractivity contribution >= 4 is 18.3 Å². The molecule has 0 bridgehead atoms. The molecule has 2 aliphatic rings. The zero-order valence-electron chi connectivity index (χ0n) is 27.5. The van der Waals surface area contributed by atoms with E-state index in [1.807, 2.05) is 24.3 Å². The van der Waals surface area contributed by atoms with Gasteiger partial charge in [-0.1, -0.05) is 60.4 Å². The second-order valence-corrected chi connectivity index (χ2v) is 11.3. The Morgan fingerprint density at radius 2 is 1.59 bits per heavy atom. The second-order valence-electron chi connectivity index (χ2n) is 11.3. The van der Waals surface area contributed by atoms with Crippen LogP contribution in [0.5, 0.6) is 5.75 Å². The minimum Gasteiger partial charge on any atom is -0.467 e. The van der Waals surface area contributed by atoms with Crippen molar-refractivity contribution in [1.29, 1.82) is 0 Å². The van der Waals surface area contributed by atoms with Crippen molar-refractivity contribution in [2.45, 2.75) is 37.6 Å². The molecule has 1 amide bonds. The van der Waals surface area contributed by atoms with Crippen LogP contribution in [0.1, 0.15) is 52.2 Å².